The van der Waals surface area contributed by atoms with E-state index >= 15 is 0 Å². The third-order valence-corrected chi connectivity index (χ3v) is 6.58. The zero-order chi connectivity index (χ0) is 22.5. The van der Waals surface area contributed by atoms with Crippen molar-refractivity contribution < 1.29 is 14.4 Å². The number of hydrogen-bond acceptors (Lipinski definition) is 4. The highest BCUT2D eigenvalue weighted by molar-refractivity contribution is 5.93. The zero-order valence-corrected chi connectivity index (χ0v) is 19.1. The lowest BCUT2D eigenvalue weighted by Crippen LogP contribution is -2.57. The standard InChI is InChI=1S/C24H36N4O3/c1-15(2)21(27-22(29)16(3)25-4)24(31)28-14-8-13-20(28)23(30)26-19-12-7-10-17-9-5-6-11-18(17)19/h5-6,9,11,15-16,19-21,25H,7-8,10,12-14H2,1-4H3,(H,26,30)(H,27,29)/t16-,19+,20-,21-/m0/s1. The third kappa shape index (κ3) is 5.26. The molecule has 3 rings (SSSR count). The van der Waals surface area contributed by atoms with Crippen molar-refractivity contribution in [3.63, 3.8) is 0 Å². The molecule has 2 aliphatic rings. The Bertz CT molecular complexity index is 810. The van der Waals surface area contributed by atoms with E-state index in [4.69, 9.17) is 0 Å². The molecular formula is C24H36N4O3. The second kappa shape index (κ2) is 10.3. The number of carbonyl (C=O) groups excluding carboxylic acids is 3. The molecule has 31 heavy (non-hydrogen) atoms. The molecule has 3 N–H and O–H groups in total. The van der Waals surface area contributed by atoms with Crippen LogP contribution in [0.2, 0.25) is 0 Å². The van der Waals surface area contributed by atoms with Gasteiger partial charge in [0.15, 0.2) is 0 Å². The fourth-order valence-corrected chi connectivity index (χ4v) is 4.58. The number of hydrogen-bond donors (Lipinski definition) is 3. The smallest absolute Gasteiger partial charge is 0.246 e. The molecular weight excluding hydrogens is 392 g/mol. The Balaban J connectivity index is 1.70. The highest BCUT2D eigenvalue weighted by Gasteiger charge is 2.39. The highest BCUT2D eigenvalue weighted by atomic mass is 16.2. The molecule has 7 heteroatoms. The van der Waals surface area contributed by atoms with Crippen molar-refractivity contribution in [2.75, 3.05) is 13.6 Å². The summed E-state index contributed by atoms with van der Waals surface area (Å²) in [6.07, 6.45) is 4.43. The van der Waals surface area contributed by atoms with E-state index in [1.807, 2.05) is 26.0 Å². The van der Waals surface area contributed by atoms with Gasteiger partial charge in [-0.15, -0.1) is 0 Å². The van der Waals surface area contributed by atoms with Gasteiger partial charge in [0.25, 0.3) is 0 Å². The minimum atomic E-state index is -0.646. The topological polar surface area (TPSA) is 90.5 Å². The van der Waals surface area contributed by atoms with Crippen LogP contribution in [0, 0.1) is 5.92 Å². The van der Waals surface area contributed by atoms with Crippen molar-refractivity contribution in [1.82, 2.24) is 20.9 Å². The van der Waals surface area contributed by atoms with Gasteiger partial charge in [0, 0.05) is 6.54 Å². The van der Waals surface area contributed by atoms with Crippen molar-refractivity contribution in [3.8, 4) is 0 Å². The monoisotopic (exact) mass is 428 g/mol. The summed E-state index contributed by atoms with van der Waals surface area (Å²) < 4.78 is 0. The first-order chi connectivity index (χ1) is 14.8. The van der Waals surface area contributed by atoms with E-state index in [1.54, 1.807) is 18.9 Å². The van der Waals surface area contributed by atoms with Gasteiger partial charge in [0.05, 0.1) is 12.1 Å². The second-order valence-corrected chi connectivity index (χ2v) is 9.08. The van der Waals surface area contributed by atoms with E-state index in [9.17, 15) is 14.4 Å². The molecule has 3 amide bonds. The molecule has 1 aromatic carbocycles. The molecule has 0 spiro atoms. The van der Waals surface area contributed by atoms with Gasteiger partial charge in [-0.25, -0.2) is 0 Å². The van der Waals surface area contributed by atoms with Crippen LogP contribution in [0.25, 0.3) is 0 Å². The summed E-state index contributed by atoms with van der Waals surface area (Å²) in [6.45, 7) is 6.12. The van der Waals surface area contributed by atoms with Crippen molar-refractivity contribution >= 4 is 17.7 Å². The van der Waals surface area contributed by atoms with E-state index < -0.39 is 18.1 Å². The minimum Gasteiger partial charge on any atom is -0.347 e. The van der Waals surface area contributed by atoms with E-state index in [0.29, 0.717) is 13.0 Å². The number of nitrogens with zero attached hydrogens (tertiary/aromatic N) is 1. The Kier molecular flexibility index (Phi) is 7.70. The lowest BCUT2D eigenvalue weighted by Gasteiger charge is -2.33. The van der Waals surface area contributed by atoms with Crippen LogP contribution >= 0.6 is 0 Å². The Morgan fingerprint density at radius 3 is 2.52 bits per heavy atom. The van der Waals surface area contributed by atoms with Gasteiger partial charge in [-0.2, -0.15) is 0 Å². The van der Waals surface area contributed by atoms with Crippen molar-refractivity contribution in [1.29, 1.82) is 0 Å². The maximum atomic E-state index is 13.3. The van der Waals surface area contributed by atoms with E-state index in [2.05, 4.69) is 28.1 Å². The normalized spacial score (nSPS) is 22.5. The van der Waals surface area contributed by atoms with E-state index in [-0.39, 0.29) is 29.7 Å². The molecule has 0 radical (unpaired) electrons. The summed E-state index contributed by atoms with van der Waals surface area (Å²) in [7, 11) is 1.71. The predicted octanol–water partition coefficient (Wildman–Crippen LogP) is 1.92. The van der Waals surface area contributed by atoms with Gasteiger partial charge in [0.1, 0.15) is 12.1 Å². The number of aryl methyl sites for hydroxylation is 1. The van der Waals surface area contributed by atoms with Crippen molar-refractivity contribution in [2.45, 2.75) is 77.0 Å². The number of nitrogens with one attached hydrogen (secondary N) is 3. The molecule has 1 saturated heterocycles. The molecule has 1 fully saturated rings. The number of amides is 3. The first-order valence-electron chi connectivity index (χ1n) is 11.5. The van der Waals surface area contributed by atoms with Crippen LogP contribution in [-0.2, 0) is 20.8 Å². The molecule has 1 aromatic rings. The van der Waals surface area contributed by atoms with Crippen LogP contribution < -0.4 is 16.0 Å². The third-order valence-electron chi connectivity index (χ3n) is 6.58. The number of likely N-dealkylation sites (tertiary alicyclic amines) is 1. The molecule has 0 aromatic heterocycles. The SMILES string of the molecule is CN[C@@H](C)C(=O)N[C@H](C(=O)N1CCC[C@H]1C(=O)N[C@@H]1CCCc2ccccc21)C(C)C. The number of rotatable bonds is 7. The predicted molar refractivity (Wildman–Crippen MR) is 120 cm³/mol. The van der Waals surface area contributed by atoms with Gasteiger partial charge < -0.3 is 20.9 Å². The van der Waals surface area contributed by atoms with Crippen molar-refractivity contribution in [3.05, 3.63) is 35.4 Å². The van der Waals surface area contributed by atoms with Crippen LogP contribution in [0.4, 0.5) is 0 Å². The summed E-state index contributed by atoms with van der Waals surface area (Å²) in [5, 5.41) is 8.98. The quantitative estimate of drug-likeness (QED) is 0.619. The lowest BCUT2D eigenvalue weighted by atomic mass is 9.87. The summed E-state index contributed by atoms with van der Waals surface area (Å²) in [6, 6.07) is 6.73. The van der Waals surface area contributed by atoms with Gasteiger partial charge in [0.2, 0.25) is 17.7 Å². The summed E-state index contributed by atoms with van der Waals surface area (Å²) in [5.41, 5.74) is 2.48. The van der Waals surface area contributed by atoms with Crippen LogP contribution in [0.1, 0.15) is 63.6 Å². The van der Waals surface area contributed by atoms with Crippen LogP contribution in [0.5, 0.6) is 0 Å². The van der Waals surface area contributed by atoms with Gasteiger partial charge >= 0.3 is 0 Å². The van der Waals surface area contributed by atoms with Crippen LogP contribution in [-0.4, -0.2) is 54.3 Å². The number of benzene rings is 1. The van der Waals surface area contributed by atoms with Crippen LogP contribution in [0.3, 0.4) is 0 Å². The number of carbonyl (C=O) groups is 3. The fraction of sp³-hybridized carbons (Fsp3) is 0.625. The number of likely N-dealkylation sites (N-methyl/N-ethyl adjacent to an activating group) is 1. The summed E-state index contributed by atoms with van der Waals surface area (Å²) >= 11 is 0. The molecule has 0 saturated carbocycles. The first-order valence-corrected chi connectivity index (χ1v) is 11.5. The molecule has 1 heterocycles. The zero-order valence-electron chi connectivity index (χ0n) is 19.1. The second-order valence-electron chi connectivity index (χ2n) is 9.08. The average molecular weight is 429 g/mol. The Hall–Kier alpha value is -2.41. The van der Waals surface area contributed by atoms with Crippen LogP contribution in [0.15, 0.2) is 24.3 Å². The highest BCUT2D eigenvalue weighted by Crippen LogP contribution is 2.30. The maximum Gasteiger partial charge on any atom is 0.246 e. The van der Waals surface area contributed by atoms with E-state index in [0.717, 1.165) is 25.7 Å². The summed E-state index contributed by atoms with van der Waals surface area (Å²) in [4.78, 5) is 40.6. The maximum absolute atomic E-state index is 13.3. The summed E-state index contributed by atoms with van der Waals surface area (Å²) in [5.74, 6) is -0.554. The molecule has 0 unspecified atom stereocenters. The Morgan fingerprint density at radius 1 is 1.06 bits per heavy atom. The lowest BCUT2D eigenvalue weighted by molar-refractivity contribution is -0.142. The number of fused-ring (bicyclic) bond motifs is 1. The molecule has 0 bridgehead atoms. The van der Waals surface area contributed by atoms with Gasteiger partial charge in [-0.1, -0.05) is 38.1 Å². The Labute approximate surface area is 185 Å². The molecule has 170 valence electrons. The molecule has 7 nitrogen and oxygen atoms in total. The average Bonchev–Trinajstić information content (AvgIpc) is 3.26. The molecule has 4 atom stereocenters. The minimum absolute atomic E-state index is 0.00733. The first kappa shape index (κ1) is 23.3. The van der Waals surface area contributed by atoms with Crippen molar-refractivity contribution in [2.24, 2.45) is 5.92 Å². The molecule has 1 aliphatic heterocycles. The largest absolute Gasteiger partial charge is 0.347 e. The fourth-order valence-electron chi connectivity index (χ4n) is 4.58. The molecule has 1 aliphatic carbocycles. The van der Waals surface area contributed by atoms with Gasteiger partial charge in [-0.3, -0.25) is 14.4 Å². The Morgan fingerprint density at radius 2 is 1.81 bits per heavy atom. The van der Waals surface area contributed by atoms with E-state index in [1.165, 1.54) is 11.1 Å². The van der Waals surface area contributed by atoms with Gasteiger partial charge in [-0.05, 0) is 63.1 Å².